The minimum absolute atomic E-state index is 0.00173. The van der Waals surface area contributed by atoms with Crippen LogP contribution in [0.15, 0.2) is 55.4 Å². The summed E-state index contributed by atoms with van der Waals surface area (Å²) in [6.07, 6.45) is 2.01. The third kappa shape index (κ3) is 3.94. The quantitative estimate of drug-likeness (QED) is 0.710. The van der Waals surface area contributed by atoms with Crippen molar-refractivity contribution in [2.75, 3.05) is 0 Å². The minimum Gasteiger partial charge on any atom is -0.437 e. The highest BCUT2D eigenvalue weighted by atomic mass is 19.4. The number of nitrogens with zero attached hydrogens (tertiary/aromatic N) is 4. The fourth-order valence-electron chi connectivity index (χ4n) is 2.67. The second kappa shape index (κ2) is 7.51. The van der Waals surface area contributed by atoms with E-state index in [2.05, 4.69) is 19.9 Å². The lowest BCUT2D eigenvalue weighted by atomic mass is 9.81. The number of aromatic nitrogens is 4. The number of rotatable bonds is 5. The molecule has 3 aromatic heterocycles. The van der Waals surface area contributed by atoms with Crippen LogP contribution in [0.25, 0.3) is 0 Å². The molecule has 3 rings (SSSR count). The third-order valence-corrected chi connectivity index (χ3v) is 4.25. The first-order chi connectivity index (χ1) is 13.2. The number of hydrogen-bond acceptors (Lipinski definition) is 6. The van der Waals surface area contributed by atoms with Crippen molar-refractivity contribution in [2.45, 2.75) is 25.6 Å². The maximum Gasteiger partial charge on any atom is 0.417 e. The zero-order valence-electron chi connectivity index (χ0n) is 15.1. The van der Waals surface area contributed by atoms with Crippen molar-refractivity contribution in [2.24, 2.45) is 5.92 Å². The minimum atomic E-state index is -4.46. The fourth-order valence-corrected chi connectivity index (χ4v) is 2.67. The zero-order valence-corrected chi connectivity index (χ0v) is 15.1. The maximum absolute atomic E-state index is 12.6. The maximum atomic E-state index is 12.6. The summed E-state index contributed by atoms with van der Waals surface area (Å²) in [6, 6.07) is 5.14. The van der Waals surface area contributed by atoms with Crippen LogP contribution in [0.2, 0.25) is 0 Å². The topological polar surface area (TPSA) is 81.0 Å². The summed E-state index contributed by atoms with van der Waals surface area (Å²) in [6.45, 7) is 3.68. The lowest BCUT2D eigenvalue weighted by Gasteiger charge is -2.31. The van der Waals surface area contributed by atoms with Gasteiger partial charge in [-0.05, 0) is 24.1 Å². The smallest absolute Gasteiger partial charge is 0.417 e. The Kier molecular flexibility index (Phi) is 5.28. The van der Waals surface area contributed by atoms with Crippen molar-refractivity contribution >= 4 is 0 Å². The average molecular weight is 390 g/mol. The summed E-state index contributed by atoms with van der Waals surface area (Å²) in [7, 11) is 0. The zero-order chi connectivity index (χ0) is 20.4. The van der Waals surface area contributed by atoms with Gasteiger partial charge in [0.25, 0.3) is 0 Å². The first kappa shape index (κ1) is 19.7. The fraction of sp³-hybridized carbons (Fsp3) is 0.263. The molecule has 0 spiro atoms. The Hall–Kier alpha value is -3.07. The molecule has 0 aromatic carbocycles. The van der Waals surface area contributed by atoms with Crippen molar-refractivity contribution in [1.82, 2.24) is 19.9 Å². The highest BCUT2D eigenvalue weighted by molar-refractivity contribution is 5.33. The van der Waals surface area contributed by atoms with E-state index in [0.717, 1.165) is 12.1 Å². The molecule has 9 heteroatoms. The van der Waals surface area contributed by atoms with Crippen molar-refractivity contribution < 1.29 is 23.0 Å². The Morgan fingerprint density at radius 3 is 2.11 bits per heavy atom. The van der Waals surface area contributed by atoms with Gasteiger partial charge in [-0.1, -0.05) is 13.8 Å². The Balaban J connectivity index is 1.83. The van der Waals surface area contributed by atoms with Gasteiger partial charge in [-0.25, -0.2) is 15.0 Å². The monoisotopic (exact) mass is 390 g/mol. The number of ether oxygens (including phenoxy) is 1. The summed E-state index contributed by atoms with van der Waals surface area (Å²) in [5, 5.41) is 11.2. The van der Waals surface area contributed by atoms with Gasteiger partial charge in [-0.2, -0.15) is 13.2 Å². The molecule has 0 radical (unpaired) electrons. The van der Waals surface area contributed by atoms with E-state index >= 15 is 0 Å². The predicted molar refractivity (Wildman–Crippen MR) is 93.4 cm³/mol. The summed E-state index contributed by atoms with van der Waals surface area (Å²) in [5.41, 5.74) is -1.41. The van der Waals surface area contributed by atoms with Gasteiger partial charge in [0.05, 0.1) is 17.5 Å². The number of hydrogen-bond donors (Lipinski definition) is 1. The molecule has 0 aliphatic rings. The lowest BCUT2D eigenvalue weighted by Crippen LogP contribution is -2.34. The second-order valence-corrected chi connectivity index (χ2v) is 6.41. The van der Waals surface area contributed by atoms with Crippen LogP contribution in [0.1, 0.15) is 30.7 Å². The van der Waals surface area contributed by atoms with Crippen molar-refractivity contribution in [1.29, 1.82) is 0 Å². The van der Waals surface area contributed by atoms with Gasteiger partial charge in [-0.15, -0.1) is 0 Å². The number of alkyl halides is 3. The first-order valence-electron chi connectivity index (χ1n) is 8.36. The number of halogens is 3. The van der Waals surface area contributed by atoms with Crippen molar-refractivity contribution in [3.8, 4) is 11.6 Å². The molecule has 0 fully saturated rings. The molecule has 146 valence electrons. The van der Waals surface area contributed by atoms with Crippen LogP contribution in [-0.4, -0.2) is 25.0 Å². The van der Waals surface area contributed by atoms with E-state index in [4.69, 9.17) is 4.74 Å². The van der Waals surface area contributed by atoms with Crippen LogP contribution in [0, 0.1) is 5.92 Å². The standard InChI is InChI=1S/C19H17F3N4O2/c1-12(2)18(27,14-7-23-11-24-8-14)16-5-4-15(10-25-16)28-17-6-3-13(9-26-17)19(20,21)22/h3-12,27H,1-2H3. The van der Waals surface area contributed by atoms with Crippen LogP contribution in [0.3, 0.4) is 0 Å². The molecule has 3 aromatic rings. The molecule has 1 N–H and O–H groups in total. The number of pyridine rings is 2. The molecule has 0 saturated carbocycles. The van der Waals surface area contributed by atoms with Crippen molar-refractivity contribution in [3.63, 3.8) is 0 Å². The normalized spacial score (nSPS) is 14.0. The molecule has 3 heterocycles. The summed E-state index contributed by atoms with van der Waals surface area (Å²) in [4.78, 5) is 15.8. The van der Waals surface area contributed by atoms with Crippen molar-refractivity contribution in [3.05, 3.63) is 72.2 Å². The van der Waals surface area contributed by atoms with Gasteiger partial charge in [-0.3, -0.25) is 4.98 Å². The van der Waals surface area contributed by atoms with Gasteiger partial charge in [0.15, 0.2) is 0 Å². The molecule has 0 aliphatic carbocycles. The average Bonchev–Trinajstić information content (AvgIpc) is 2.68. The van der Waals surface area contributed by atoms with E-state index in [9.17, 15) is 18.3 Å². The summed E-state index contributed by atoms with van der Waals surface area (Å²) >= 11 is 0. The van der Waals surface area contributed by atoms with Crippen LogP contribution in [-0.2, 0) is 11.8 Å². The third-order valence-electron chi connectivity index (χ3n) is 4.25. The molecule has 0 amide bonds. The largest absolute Gasteiger partial charge is 0.437 e. The highest BCUT2D eigenvalue weighted by Gasteiger charge is 2.37. The van der Waals surface area contributed by atoms with E-state index in [0.29, 0.717) is 17.5 Å². The van der Waals surface area contributed by atoms with Gasteiger partial charge in [0, 0.05) is 30.2 Å². The van der Waals surface area contributed by atoms with Gasteiger partial charge >= 0.3 is 6.18 Å². The van der Waals surface area contributed by atoms with Crippen LogP contribution < -0.4 is 4.74 Å². The molecule has 1 atom stereocenters. The Morgan fingerprint density at radius 2 is 1.61 bits per heavy atom. The summed E-state index contributed by atoms with van der Waals surface area (Å²) in [5.74, 6) is 0.0407. The Bertz CT molecular complexity index is 917. The number of aliphatic hydroxyl groups is 1. The van der Waals surface area contributed by atoms with Crippen LogP contribution in [0.4, 0.5) is 13.2 Å². The summed E-state index contributed by atoms with van der Waals surface area (Å²) < 4.78 is 43.2. The Morgan fingerprint density at radius 1 is 0.893 bits per heavy atom. The van der Waals surface area contributed by atoms with Gasteiger partial charge in [0.2, 0.25) is 5.88 Å². The molecule has 0 saturated heterocycles. The molecule has 6 nitrogen and oxygen atoms in total. The molecular weight excluding hydrogens is 373 g/mol. The first-order valence-corrected chi connectivity index (χ1v) is 8.36. The predicted octanol–water partition coefficient (Wildman–Crippen LogP) is 3.97. The van der Waals surface area contributed by atoms with E-state index in [-0.39, 0.29) is 17.5 Å². The molecule has 28 heavy (non-hydrogen) atoms. The van der Waals surface area contributed by atoms with E-state index in [1.165, 1.54) is 24.9 Å². The van der Waals surface area contributed by atoms with Crippen LogP contribution in [0.5, 0.6) is 11.6 Å². The van der Waals surface area contributed by atoms with E-state index in [1.807, 2.05) is 13.8 Å². The molecule has 0 bridgehead atoms. The van der Waals surface area contributed by atoms with Gasteiger partial charge < -0.3 is 9.84 Å². The highest BCUT2D eigenvalue weighted by Crippen LogP contribution is 2.35. The van der Waals surface area contributed by atoms with Gasteiger partial charge in [0.1, 0.15) is 17.7 Å². The van der Waals surface area contributed by atoms with E-state index in [1.54, 1.807) is 12.1 Å². The van der Waals surface area contributed by atoms with Crippen LogP contribution >= 0.6 is 0 Å². The molecular formula is C19H17F3N4O2. The molecule has 1 unspecified atom stereocenters. The molecule has 0 aliphatic heterocycles. The van der Waals surface area contributed by atoms with E-state index < -0.39 is 17.3 Å². The SMILES string of the molecule is CC(C)C(O)(c1cncnc1)c1ccc(Oc2ccc(C(F)(F)F)cn2)cn1. The second-order valence-electron chi connectivity index (χ2n) is 6.41. The Labute approximate surface area is 159 Å². The lowest BCUT2D eigenvalue weighted by molar-refractivity contribution is -0.137.